The molecule has 0 aliphatic rings. The number of amides is 2. The molecular weight excluding hydrogens is 371 g/mol. The Hall–Kier alpha value is -2.04. The number of carbonyl (C=O) groups excluding carboxylic acids is 2. The second-order valence-electron chi connectivity index (χ2n) is 6.23. The van der Waals surface area contributed by atoms with E-state index in [4.69, 9.17) is 23.2 Å². The first-order chi connectivity index (χ1) is 12.3. The molecule has 2 aromatic rings. The Bertz CT molecular complexity index is 808. The van der Waals surface area contributed by atoms with Gasteiger partial charge in [-0.25, -0.2) is 0 Å². The Morgan fingerprint density at radius 2 is 1.81 bits per heavy atom. The van der Waals surface area contributed by atoms with Gasteiger partial charge in [0.25, 0.3) is 0 Å². The number of aryl methyl sites for hydroxylation is 1. The van der Waals surface area contributed by atoms with Crippen LogP contribution in [0.2, 0.25) is 10.0 Å². The zero-order valence-corrected chi connectivity index (χ0v) is 16.6. The third-order valence-corrected chi connectivity index (χ3v) is 4.93. The zero-order chi connectivity index (χ0) is 19.3. The van der Waals surface area contributed by atoms with Crippen LogP contribution in [0.3, 0.4) is 0 Å². The van der Waals surface area contributed by atoms with Crippen molar-refractivity contribution in [2.45, 2.75) is 32.9 Å². The summed E-state index contributed by atoms with van der Waals surface area (Å²) in [7, 11) is 1.56. The fraction of sp³-hybridized carbons (Fsp3) is 0.300. The van der Waals surface area contributed by atoms with Crippen molar-refractivity contribution in [1.82, 2.24) is 10.2 Å². The number of nitrogens with one attached hydrogen (secondary N) is 1. The number of hydrogen-bond acceptors (Lipinski definition) is 2. The molecular formula is C20H22Cl2N2O2. The molecule has 0 aromatic heterocycles. The summed E-state index contributed by atoms with van der Waals surface area (Å²) in [6, 6.07) is 12.4. The van der Waals surface area contributed by atoms with Crippen LogP contribution in [0.4, 0.5) is 0 Å². The standard InChI is InChI=1S/C20H22Cl2N2O2/c1-13-5-4-6-15(9-13)11-19(25)24(14(2)20(26)23-3)12-16-7-8-17(21)18(22)10-16/h4-10,14H,11-12H2,1-3H3,(H,23,26)/t14-/m1/s1. The van der Waals surface area contributed by atoms with Gasteiger partial charge in [0.2, 0.25) is 11.8 Å². The van der Waals surface area contributed by atoms with E-state index in [0.717, 1.165) is 16.7 Å². The Kier molecular flexibility index (Phi) is 7.06. The van der Waals surface area contributed by atoms with Gasteiger partial charge in [0.05, 0.1) is 16.5 Å². The van der Waals surface area contributed by atoms with Crippen molar-refractivity contribution in [2.24, 2.45) is 0 Å². The lowest BCUT2D eigenvalue weighted by atomic mass is 10.1. The van der Waals surface area contributed by atoms with Gasteiger partial charge in [-0.05, 0) is 37.1 Å². The maximum atomic E-state index is 12.9. The van der Waals surface area contributed by atoms with Crippen molar-refractivity contribution in [2.75, 3.05) is 7.05 Å². The zero-order valence-electron chi connectivity index (χ0n) is 15.1. The summed E-state index contributed by atoms with van der Waals surface area (Å²) < 4.78 is 0. The van der Waals surface area contributed by atoms with Crippen LogP contribution in [0.5, 0.6) is 0 Å². The minimum atomic E-state index is -0.605. The summed E-state index contributed by atoms with van der Waals surface area (Å²) in [5.41, 5.74) is 2.82. The van der Waals surface area contributed by atoms with Gasteiger partial charge in [-0.1, -0.05) is 59.1 Å². The third kappa shape index (κ3) is 5.23. The van der Waals surface area contributed by atoms with Gasteiger partial charge in [-0.15, -0.1) is 0 Å². The summed E-state index contributed by atoms with van der Waals surface area (Å²) in [6.07, 6.45) is 0.227. The fourth-order valence-electron chi connectivity index (χ4n) is 2.72. The number of halogens is 2. The number of hydrogen-bond donors (Lipinski definition) is 1. The van der Waals surface area contributed by atoms with E-state index in [-0.39, 0.29) is 24.8 Å². The summed E-state index contributed by atoms with van der Waals surface area (Å²) in [6.45, 7) is 3.97. The van der Waals surface area contributed by atoms with Crippen molar-refractivity contribution in [1.29, 1.82) is 0 Å². The minimum Gasteiger partial charge on any atom is -0.357 e. The third-order valence-electron chi connectivity index (χ3n) is 4.19. The van der Waals surface area contributed by atoms with Crippen molar-refractivity contribution in [3.8, 4) is 0 Å². The molecule has 2 rings (SSSR count). The topological polar surface area (TPSA) is 49.4 Å². The van der Waals surface area contributed by atoms with Gasteiger partial charge < -0.3 is 10.2 Å². The van der Waals surface area contributed by atoms with E-state index in [1.54, 1.807) is 37.1 Å². The van der Waals surface area contributed by atoms with Gasteiger partial charge in [0.15, 0.2) is 0 Å². The molecule has 0 fully saturated rings. The molecule has 0 spiro atoms. The SMILES string of the molecule is CNC(=O)[C@@H](C)N(Cc1ccc(Cl)c(Cl)c1)C(=O)Cc1cccc(C)c1. The number of nitrogens with zero attached hydrogens (tertiary/aromatic N) is 1. The molecule has 0 aliphatic carbocycles. The largest absolute Gasteiger partial charge is 0.357 e. The van der Waals surface area contributed by atoms with E-state index < -0.39 is 6.04 Å². The maximum Gasteiger partial charge on any atom is 0.242 e. The average Bonchev–Trinajstić information content (AvgIpc) is 2.61. The number of benzene rings is 2. The fourth-order valence-corrected chi connectivity index (χ4v) is 3.05. The summed E-state index contributed by atoms with van der Waals surface area (Å²) >= 11 is 12.0. The molecule has 2 aromatic carbocycles. The quantitative estimate of drug-likeness (QED) is 0.806. The Morgan fingerprint density at radius 1 is 1.08 bits per heavy atom. The van der Waals surface area contributed by atoms with Gasteiger partial charge in [0, 0.05) is 13.6 Å². The second-order valence-corrected chi connectivity index (χ2v) is 7.04. The Labute approximate surface area is 164 Å². The van der Waals surface area contributed by atoms with Crippen LogP contribution in [0.25, 0.3) is 0 Å². The summed E-state index contributed by atoms with van der Waals surface area (Å²) in [4.78, 5) is 26.6. The van der Waals surface area contributed by atoms with E-state index in [2.05, 4.69) is 5.32 Å². The normalized spacial score (nSPS) is 11.7. The highest BCUT2D eigenvalue weighted by atomic mass is 35.5. The van der Waals surface area contributed by atoms with Gasteiger partial charge >= 0.3 is 0 Å². The molecule has 26 heavy (non-hydrogen) atoms. The molecule has 6 heteroatoms. The van der Waals surface area contributed by atoms with E-state index in [9.17, 15) is 9.59 Å². The molecule has 1 N–H and O–H groups in total. The van der Waals surface area contributed by atoms with Crippen molar-refractivity contribution in [3.05, 3.63) is 69.2 Å². The Balaban J connectivity index is 2.26. The predicted octanol–water partition coefficient (Wildman–Crippen LogP) is 4.01. The predicted molar refractivity (Wildman–Crippen MR) is 105 cm³/mol. The van der Waals surface area contributed by atoms with E-state index >= 15 is 0 Å². The van der Waals surface area contributed by atoms with Crippen LogP contribution < -0.4 is 5.32 Å². The number of carbonyl (C=O) groups is 2. The molecule has 138 valence electrons. The molecule has 0 saturated carbocycles. The first kappa shape index (κ1) is 20.3. The van der Waals surface area contributed by atoms with Crippen molar-refractivity contribution >= 4 is 35.0 Å². The smallest absolute Gasteiger partial charge is 0.242 e. The van der Waals surface area contributed by atoms with Crippen LogP contribution in [-0.4, -0.2) is 29.8 Å². The summed E-state index contributed by atoms with van der Waals surface area (Å²) in [5, 5.41) is 3.47. The molecule has 0 unspecified atom stereocenters. The minimum absolute atomic E-state index is 0.127. The highest BCUT2D eigenvalue weighted by Gasteiger charge is 2.25. The molecule has 2 amide bonds. The average molecular weight is 393 g/mol. The lowest BCUT2D eigenvalue weighted by molar-refractivity contribution is -0.139. The van der Waals surface area contributed by atoms with Crippen molar-refractivity contribution < 1.29 is 9.59 Å². The first-order valence-corrected chi connectivity index (χ1v) is 9.08. The monoisotopic (exact) mass is 392 g/mol. The van der Waals surface area contributed by atoms with Crippen LogP contribution in [-0.2, 0) is 22.6 Å². The Morgan fingerprint density at radius 3 is 2.42 bits per heavy atom. The number of rotatable bonds is 6. The van der Waals surface area contributed by atoms with Crippen LogP contribution in [0.1, 0.15) is 23.6 Å². The van der Waals surface area contributed by atoms with Gasteiger partial charge in [0.1, 0.15) is 6.04 Å². The van der Waals surface area contributed by atoms with Crippen molar-refractivity contribution in [3.63, 3.8) is 0 Å². The maximum absolute atomic E-state index is 12.9. The second kappa shape index (κ2) is 9.06. The van der Waals surface area contributed by atoms with Crippen LogP contribution in [0.15, 0.2) is 42.5 Å². The molecule has 0 aliphatic heterocycles. The lowest BCUT2D eigenvalue weighted by Crippen LogP contribution is -2.47. The van der Waals surface area contributed by atoms with E-state index in [0.29, 0.717) is 10.0 Å². The van der Waals surface area contributed by atoms with E-state index in [1.165, 1.54) is 0 Å². The highest BCUT2D eigenvalue weighted by molar-refractivity contribution is 6.42. The van der Waals surface area contributed by atoms with Gasteiger partial charge in [-0.2, -0.15) is 0 Å². The molecule has 0 heterocycles. The summed E-state index contributed by atoms with van der Waals surface area (Å²) in [5.74, 6) is -0.347. The lowest BCUT2D eigenvalue weighted by Gasteiger charge is -2.28. The molecule has 0 bridgehead atoms. The molecule has 0 saturated heterocycles. The highest BCUT2D eigenvalue weighted by Crippen LogP contribution is 2.24. The first-order valence-electron chi connectivity index (χ1n) is 8.32. The molecule has 0 radical (unpaired) electrons. The molecule has 1 atom stereocenters. The van der Waals surface area contributed by atoms with E-state index in [1.807, 2.05) is 31.2 Å². The van der Waals surface area contributed by atoms with Crippen LogP contribution >= 0.6 is 23.2 Å². The number of likely N-dealkylation sites (N-methyl/N-ethyl adjacent to an activating group) is 1. The molecule has 4 nitrogen and oxygen atoms in total. The van der Waals surface area contributed by atoms with Crippen LogP contribution in [0, 0.1) is 6.92 Å². The van der Waals surface area contributed by atoms with Gasteiger partial charge in [-0.3, -0.25) is 9.59 Å².